The minimum Gasteiger partial charge on any atom is -0.508 e. The molecule has 0 bridgehead atoms. The third-order valence-corrected chi connectivity index (χ3v) is 7.34. The number of fused-ring (bicyclic) bond motifs is 5. The van der Waals surface area contributed by atoms with E-state index in [1.807, 2.05) is 6.07 Å². The standard InChI is InChI=1S/C18H24O5S/c1-18-9-8-14-13-5-3-12(19)10-11(13)2-4-15(14)16(18)6-7-17(18)23-24(20,21)22/h3,5,10,14-17,19H,2,4,6-9H2,1H3,(H,20,21,22)/t14?,15?,16?,17-,18-/m0/s1. The molecule has 0 saturated heterocycles. The van der Waals surface area contributed by atoms with E-state index in [9.17, 15) is 13.5 Å². The summed E-state index contributed by atoms with van der Waals surface area (Å²) in [5.74, 6) is 1.76. The van der Waals surface area contributed by atoms with Crippen LogP contribution in [-0.2, 0) is 21.0 Å². The number of phenols is 1. The van der Waals surface area contributed by atoms with E-state index in [1.54, 1.807) is 6.07 Å². The van der Waals surface area contributed by atoms with Gasteiger partial charge in [0.05, 0.1) is 6.10 Å². The molecule has 2 fully saturated rings. The molecule has 1 aromatic carbocycles. The normalized spacial score (nSPS) is 38.2. The Balaban J connectivity index is 1.63. The molecular formula is C18H24O5S. The molecule has 5 nitrogen and oxygen atoms in total. The summed E-state index contributed by atoms with van der Waals surface area (Å²) in [6, 6.07) is 5.72. The third-order valence-electron chi connectivity index (χ3n) is 6.86. The first-order chi connectivity index (χ1) is 11.3. The Hall–Kier alpha value is -1.11. The van der Waals surface area contributed by atoms with Gasteiger partial charge in [0.15, 0.2) is 0 Å². The Morgan fingerprint density at radius 2 is 2.00 bits per heavy atom. The summed E-state index contributed by atoms with van der Waals surface area (Å²) in [6.07, 6.45) is 5.15. The lowest BCUT2D eigenvalue weighted by atomic mass is 9.55. The molecule has 3 aliphatic carbocycles. The fourth-order valence-electron chi connectivity index (χ4n) is 5.83. The molecule has 0 aromatic heterocycles. The highest BCUT2D eigenvalue weighted by molar-refractivity contribution is 7.80. The second-order valence-corrected chi connectivity index (χ2v) is 8.98. The second kappa shape index (κ2) is 5.44. The summed E-state index contributed by atoms with van der Waals surface area (Å²) >= 11 is 0. The van der Waals surface area contributed by atoms with E-state index in [0.717, 1.165) is 32.1 Å². The van der Waals surface area contributed by atoms with Crippen LogP contribution in [0.5, 0.6) is 5.75 Å². The summed E-state index contributed by atoms with van der Waals surface area (Å²) in [5, 5.41) is 9.72. The molecule has 132 valence electrons. The maximum absolute atomic E-state index is 11.2. The minimum atomic E-state index is -4.41. The predicted molar refractivity (Wildman–Crippen MR) is 89.1 cm³/mol. The van der Waals surface area contributed by atoms with Gasteiger partial charge < -0.3 is 5.11 Å². The highest BCUT2D eigenvalue weighted by atomic mass is 32.3. The Bertz CT molecular complexity index is 759. The average Bonchev–Trinajstić information content (AvgIpc) is 2.82. The molecule has 2 N–H and O–H groups in total. The van der Waals surface area contributed by atoms with Crippen LogP contribution in [0.3, 0.4) is 0 Å². The van der Waals surface area contributed by atoms with E-state index in [-0.39, 0.29) is 5.41 Å². The Kier molecular flexibility index (Phi) is 3.71. The summed E-state index contributed by atoms with van der Waals surface area (Å²) in [5.41, 5.74) is 2.42. The van der Waals surface area contributed by atoms with Gasteiger partial charge in [-0.1, -0.05) is 13.0 Å². The highest BCUT2D eigenvalue weighted by Gasteiger charge is 2.56. The van der Waals surface area contributed by atoms with E-state index >= 15 is 0 Å². The first kappa shape index (κ1) is 16.4. The number of hydrogen-bond acceptors (Lipinski definition) is 4. The number of rotatable bonds is 2. The molecule has 2 saturated carbocycles. The van der Waals surface area contributed by atoms with Gasteiger partial charge in [-0.3, -0.25) is 4.55 Å². The molecule has 3 unspecified atom stereocenters. The largest absolute Gasteiger partial charge is 0.508 e. The Morgan fingerprint density at radius 3 is 2.75 bits per heavy atom. The first-order valence-electron chi connectivity index (χ1n) is 8.75. The molecule has 0 amide bonds. The molecule has 5 atom stereocenters. The van der Waals surface area contributed by atoms with Gasteiger partial charge in [-0.25, -0.2) is 4.18 Å². The maximum atomic E-state index is 11.2. The van der Waals surface area contributed by atoms with Gasteiger partial charge >= 0.3 is 10.4 Å². The van der Waals surface area contributed by atoms with Gasteiger partial charge in [0.25, 0.3) is 0 Å². The lowest BCUT2D eigenvalue weighted by Gasteiger charge is -2.50. The SMILES string of the molecule is C[C@]12CCC3c4ccc(O)cc4CCC3C1CC[C@@H]2OS(=O)(=O)O. The number of benzene rings is 1. The molecule has 6 heteroatoms. The van der Waals surface area contributed by atoms with Crippen molar-refractivity contribution in [2.45, 2.75) is 57.5 Å². The minimum absolute atomic E-state index is 0.189. The van der Waals surface area contributed by atoms with Crippen LogP contribution >= 0.6 is 0 Å². The molecule has 0 aliphatic heterocycles. The molecule has 3 aliphatic rings. The van der Waals surface area contributed by atoms with Crippen LogP contribution < -0.4 is 0 Å². The van der Waals surface area contributed by atoms with Gasteiger partial charge in [0, 0.05) is 0 Å². The van der Waals surface area contributed by atoms with Crippen molar-refractivity contribution in [3.05, 3.63) is 29.3 Å². The number of aryl methyl sites for hydroxylation is 1. The van der Waals surface area contributed by atoms with Crippen LogP contribution in [0.4, 0.5) is 0 Å². The van der Waals surface area contributed by atoms with Crippen molar-refractivity contribution in [3.63, 3.8) is 0 Å². The lowest BCUT2D eigenvalue weighted by molar-refractivity contribution is -0.0121. The second-order valence-electron chi connectivity index (χ2n) is 7.93. The van der Waals surface area contributed by atoms with Crippen molar-refractivity contribution in [2.24, 2.45) is 17.3 Å². The van der Waals surface area contributed by atoms with Crippen molar-refractivity contribution in [1.29, 1.82) is 0 Å². The van der Waals surface area contributed by atoms with Crippen LogP contribution in [0, 0.1) is 17.3 Å². The molecule has 1 aromatic rings. The molecular weight excluding hydrogens is 328 g/mol. The van der Waals surface area contributed by atoms with Crippen molar-refractivity contribution >= 4 is 10.4 Å². The monoisotopic (exact) mass is 352 g/mol. The van der Waals surface area contributed by atoms with Gasteiger partial charge in [0.2, 0.25) is 0 Å². The van der Waals surface area contributed by atoms with Crippen molar-refractivity contribution in [2.75, 3.05) is 0 Å². The molecule has 0 radical (unpaired) electrons. The summed E-state index contributed by atoms with van der Waals surface area (Å²) in [6.45, 7) is 2.13. The Morgan fingerprint density at radius 1 is 1.21 bits per heavy atom. The topological polar surface area (TPSA) is 83.8 Å². The molecule has 4 rings (SSSR count). The number of hydrogen-bond donors (Lipinski definition) is 2. The number of aromatic hydroxyl groups is 1. The summed E-state index contributed by atoms with van der Waals surface area (Å²) < 4.78 is 36.5. The van der Waals surface area contributed by atoms with E-state index in [2.05, 4.69) is 13.0 Å². The molecule has 0 spiro atoms. The van der Waals surface area contributed by atoms with Crippen molar-refractivity contribution < 1.29 is 22.3 Å². The van der Waals surface area contributed by atoms with Crippen LogP contribution in [0.25, 0.3) is 0 Å². The predicted octanol–water partition coefficient (Wildman–Crippen LogP) is 3.44. The fourth-order valence-corrected chi connectivity index (χ4v) is 6.44. The summed E-state index contributed by atoms with van der Waals surface area (Å²) in [4.78, 5) is 0. The van der Waals surface area contributed by atoms with Crippen molar-refractivity contribution in [3.8, 4) is 5.75 Å². The van der Waals surface area contributed by atoms with E-state index < -0.39 is 16.5 Å². The highest BCUT2D eigenvalue weighted by Crippen LogP contribution is 2.61. The van der Waals surface area contributed by atoms with Gasteiger partial charge in [-0.05, 0) is 85.0 Å². The zero-order valence-electron chi connectivity index (χ0n) is 13.8. The van der Waals surface area contributed by atoms with Gasteiger partial charge in [0.1, 0.15) is 5.75 Å². The lowest BCUT2D eigenvalue weighted by Crippen LogP contribution is -2.45. The quantitative estimate of drug-likeness (QED) is 0.797. The Labute approximate surface area is 143 Å². The smallest absolute Gasteiger partial charge is 0.397 e. The zero-order valence-corrected chi connectivity index (χ0v) is 14.6. The van der Waals surface area contributed by atoms with E-state index in [1.165, 1.54) is 11.1 Å². The first-order valence-corrected chi connectivity index (χ1v) is 10.1. The van der Waals surface area contributed by atoms with Crippen molar-refractivity contribution in [1.82, 2.24) is 0 Å². The molecule has 0 heterocycles. The van der Waals surface area contributed by atoms with Gasteiger partial charge in [-0.15, -0.1) is 0 Å². The van der Waals surface area contributed by atoms with E-state index in [4.69, 9.17) is 8.74 Å². The maximum Gasteiger partial charge on any atom is 0.397 e. The van der Waals surface area contributed by atoms with Gasteiger partial charge in [-0.2, -0.15) is 8.42 Å². The zero-order chi connectivity index (χ0) is 17.1. The summed E-state index contributed by atoms with van der Waals surface area (Å²) in [7, 11) is -4.41. The van der Waals surface area contributed by atoms with Crippen LogP contribution in [0.2, 0.25) is 0 Å². The fraction of sp³-hybridized carbons (Fsp3) is 0.667. The van der Waals surface area contributed by atoms with E-state index in [0.29, 0.717) is 29.9 Å². The van der Waals surface area contributed by atoms with Crippen LogP contribution in [-0.4, -0.2) is 24.2 Å². The molecule has 24 heavy (non-hydrogen) atoms. The van der Waals surface area contributed by atoms with Crippen LogP contribution in [0.15, 0.2) is 18.2 Å². The third kappa shape index (κ3) is 2.55. The van der Waals surface area contributed by atoms with Crippen LogP contribution in [0.1, 0.15) is 56.1 Å². The number of phenolic OH excluding ortho intramolecular Hbond substituents is 1. The average molecular weight is 352 g/mol.